The molecule has 0 radical (unpaired) electrons. The van der Waals surface area contributed by atoms with E-state index in [-0.39, 0.29) is 5.54 Å². The number of nitrogens with one attached hydrogen (secondary N) is 1. The van der Waals surface area contributed by atoms with Gasteiger partial charge in [-0.3, -0.25) is 5.10 Å². The van der Waals surface area contributed by atoms with Crippen molar-refractivity contribution >= 4 is 0 Å². The van der Waals surface area contributed by atoms with Crippen LogP contribution in [0.15, 0.2) is 34.3 Å². The van der Waals surface area contributed by atoms with Crippen LogP contribution in [0.3, 0.4) is 0 Å². The van der Waals surface area contributed by atoms with Crippen molar-refractivity contribution in [3.05, 3.63) is 29.7 Å². The zero-order valence-electron chi connectivity index (χ0n) is 7.78. The average molecular weight is 176 g/mol. The van der Waals surface area contributed by atoms with E-state index in [1.165, 1.54) is 0 Å². The van der Waals surface area contributed by atoms with Gasteiger partial charge in [0.2, 0.25) is 0 Å². The van der Waals surface area contributed by atoms with Gasteiger partial charge in [-0.15, -0.1) is 0 Å². The Balaban J connectivity index is 2.15. The lowest BCUT2D eigenvalue weighted by Gasteiger charge is -2.13. The van der Waals surface area contributed by atoms with E-state index >= 15 is 0 Å². The number of rotatable bonds is 2. The van der Waals surface area contributed by atoms with Crippen LogP contribution >= 0.6 is 0 Å². The van der Waals surface area contributed by atoms with Crippen molar-refractivity contribution in [2.75, 3.05) is 0 Å². The van der Waals surface area contributed by atoms with Gasteiger partial charge in [-0.2, -0.15) is 15.3 Å². The molecule has 2 heterocycles. The highest BCUT2D eigenvalue weighted by atomic mass is 15.2. The maximum atomic E-state index is 4.20. The van der Waals surface area contributed by atoms with Crippen LogP contribution in [0.2, 0.25) is 0 Å². The quantitative estimate of drug-likeness (QED) is 0.736. The zero-order chi connectivity index (χ0) is 9.31. The van der Waals surface area contributed by atoms with Crippen LogP contribution in [0.25, 0.3) is 0 Å². The van der Waals surface area contributed by atoms with Crippen LogP contribution in [0.5, 0.6) is 0 Å². The Morgan fingerprint density at radius 2 is 2.38 bits per heavy atom. The highest BCUT2D eigenvalue weighted by Crippen LogP contribution is 2.26. The molecule has 0 spiro atoms. The molecule has 2 rings (SSSR count). The topological polar surface area (TPSA) is 53.4 Å². The van der Waals surface area contributed by atoms with E-state index in [0.717, 1.165) is 17.8 Å². The standard InChI is InChI=1S/C9H12N4/c1-7-5-9(2,13-11-7)6-8-3-4-10-12-8/h3-5H,6H2,1-2H3,(H,10,12). The molecule has 1 N–H and O–H groups in total. The van der Waals surface area contributed by atoms with Crippen molar-refractivity contribution in [1.29, 1.82) is 0 Å². The molecule has 0 saturated carbocycles. The van der Waals surface area contributed by atoms with Crippen LogP contribution < -0.4 is 0 Å². The molecular weight excluding hydrogens is 164 g/mol. The average Bonchev–Trinajstić information content (AvgIpc) is 2.62. The minimum absolute atomic E-state index is 0.195. The fraction of sp³-hybridized carbons (Fsp3) is 0.444. The smallest absolute Gasteiger partial charge is 0.105 e. The normalized spacial score (nSPS) is 26.5. The second-order valence-electron chi connectivity index (χ2n) is 3.59. The van der Waals surface area contributed by atoms with Gasteiger partial charge in [0, 0.05) is 12.6 Å². The number of azo groups is 1. The van der Waals surface area contributed by atoms with Crippen molar-refractivity contribution in [3.8, 4) is 0 Å². The minimum Gasteiger partial charge on any atom is -0.285 e. The lowest BCUT2D eigenvalue weighted by Crippen LogP contribution is -2.20. The van der Waals surface area contributed by atoms with Crippen LogP contribution in [-0.2, 0) is 6.42 Å². The highest BCUT2D eigenvalue weighted by molar-refractivity contribution is 5.19. The van der Waals surface area contributed by atoms with Gasteiger partial charge < -0.3 is 0 Å². The summed E-state index contributed by atoms with van der Waals surface area (Å²) in [5, 5.41) is 15.1. The molecule has 0 amide bonds. The molecule has 0 saturated heterocycles. The Hall–Kier alpha value is -1.45. The van der Waals surface area contributed by atoms with Gasteiger partial charge in [-0.05, 0) is 26.0 Å². The summed E-state index contributed by atoms with van der Waals surface area (Å²) in [6.07, 6.45) is 4.69. The number of H-pyrrole nitrogens is 1. The first-order valence-electron chi connectivity index (χ1n) is 4.29. The molecule has 1 aromatic rings. The van der Waals surface area contributed by atoms with Crippen molar-refractivity contribution in [2.45, 2.75) is 25.8 Å². The molecular formula is C9H12N4. The molecule has 1 unspecified atom stereocenters. The molecule has 13 heavy (non-hydrogen) atoms. The second kappa shape index (κ2) is 2.80. The molecule has 1 aliphatic heterocycles. The van der Waals surface area contributed by atoms with Gasteiger partial charge in [0.25, 0.3) is 0 Å². The van der Waals surface area contributed by atoms with E-state index in [1.54, 1.807) is 0 Å². The number of allylic oxidation sites excluding steroid dienone is 1. The third kappa shape index (κ3) is 1.66. The van der Waals surface area contributed by atoms with Gasteiger partial charge in [-0.1, -0.05) is 0 Å². The van der Waals surface area contributed by atoms with Gasteiger partial charge >= 0.3 is 0 Å². The van der Waals surface area contributed by atoms with Crippen LogP contribution in [-0.4, -0.2) is 15.7 Å². The van der Waals surface area contributed by atoms with Crippen LogP contribution in [0.1, 0.15) is 19.5 Å². The number of nitrogens with zero attached hydrogens (tertiary/aromatic N) is 3. The van der Waals surface area contributed by atoms with Gasteiger partial charge in [0.1, 0.15) is 5.54 Å². The lowest BCUT2D eigenvalue weighted by atomic mass is 9.97. The fourth-order valence-corrected chi connectivity index (χ4v) is 1.54. The SMILES string of the molecule is CC1=CC(C)(Cc2cc[nH]n2)N=N1. The molecule has 1 aliphatic rings. The molecule has 0 aliphatic carbocycles. The third-order valence-corrected chi connectivity index (χ3v) is 2.05. The predicted molar refractivity (Wildman–Crippen MR) is 49.3 cm³/mol. The molecule has 1 atom stereocenters. The number of hydrogen-bond acceptors (Lipinski definition) is 3. The van der Waals surface area contributed by atoms with Gasteiger partial charge in [-0.25, -0.2) is 0 Å². The Labute approximate surface area is 76.8 Å². The lowest BCUT2D eigenvalue weighted by molar-refractivity contribution is 0.566. The largest absolute Gasteiger partial charge is 0.285 e. The summed E-state index contributed by atoms with van der Waals surface area (Å²) in [7, 11) is 0. The molecule has 0 fully saturated rings. The number of aromatic nitrogens is 2. The van der Waals surface area contributed by atoms with Crippen molar-refractivity contribution in [3.63, 3.8) is 0 Å². The molecule has 4 heteroatoms. The summed E-state index contributed by atoms with van der Waals surface area (Å²) < 4.78 is 0. The molecule has 68 valence electrons. The van der Waals surface area contributed by atoms with Crippen molar-refractivity contribution in [1.82, 2.24) is 10.2 Å². The van der Waals surface area contributed by atoms with Gasteiger partial charge in [0.15, 0.2) is 0 Å². The summed E-state index contributed by atoms with van der Waals surface area (Å²) in [6, 6.07) is 1.96. The summed E-state index contributed by atoms with van der Waals surface area (Å²) >= 11 is 0. The maximum absolute atomic E-state index is 4.20. The molecule has 1 aromatic heterocycles. The van der Waals surface area contributed by atoms with Crippen molar-refractivity contribution < 1.29 is 0 Å². The predicted octanol–water partition coefficient (Wildman–Crippen LogP) is 2.08. The van der Waals surface area contributed by atoms with E-state index in [2.05, 4.69) is 33.4 Å². The molecule has 4 nitrogen and oxygen atoms in total. The second-order valence-corrected chi connectivity index (χ2v) is 3.59. The summed E-state index contributed by atoms with van der Waals surface area (Å²) in [5.74, 6) is 0. The van der Waals surface area contributed by atoms with E-state index in [4.69, 9.17) is 0 Å². The fourth-order valence-electron chi connectivity index (χ4n) is 1.54. The third-order valence-electron chi connectivity index (χ3n) is 2.05. The minimum atomic E-state index is -0.195. The zero-order valence-corrected chi connectivity index (χ0v) is 7.78. The Morgan fingerprint density at radius 1 is 1.54 bits per heavy atom. The highest BCUT2D eigenvalue weighted by Gasteiger charge is 2.26. The first kappa shape index (κ1) is 8.16. The maximum Gasteiger partial charge on any atom is 0.105 e. The Bertz CT molecular complexity index is 350. The van der Waals surface area contributed by atoms with Crippen molar-refractivity contribution in [2.24, 2.45) is 10.2 Å². The van der Waals surface area contributed by atoms with E-state index in [9.17, 15) is 0 Å². The van der Waals surface area contributed by atoms with E-state index in [0.29, 0.717) is 0 Å². The summed E-state index contributed by atoms with van der Waals surface area (Å²) in [6.45, 7) is 4.01. The molecule has 0 bridgehead atoms. The number of hydrogen-bond donors (Lipinski definition) is 1. The Kier molecular flexibility index (Phi) is 1.76. The van der Waals surface area contributed by atoms with E-state index < -0.39 is 0 Å². The molecule has 0 aromatic carbocycles. The van der Waals surface area contributed by atoms with E-state index in [1.807, 2.05) is 19.2 Å². The Morgan fingerprint density at radius 3 is 2.92 bits per heavy atom. The van der Waals surface area contributed by atoms with Crippen LogP contribution in [0.4, 0.5) is 0 Å². The summed E-state index contributed by atoms with van der Waals surface area (Å²) in [5.41, 5.74) is 1.81. The van der Waals surface area contributed by atoms with Gasteiger partial charge in [0.05, 0.1) is 11.4 Å². The number of aromatic amines is 1. The summed E-state index contributed by atoms with van der Waals surface area (Å²) in [4.78, 5) is 0. The van der Waals surface area contributed by atoms with Crippen LogP contribution in [0, 0.1) is 0 Å². The monoisotopic (exact) mass is 176 g/mol. The first-order chi connectivity index (χ1) is 6.18. The first-order valence-corrected chi connectivity index (χ1v) is 4.29.